The van der Waals surface area contributed by atoms with Crippen LogP contribution in [0.5, 0.6) is 0 Å². The van der Waals surface area contributed by atoms with Crippen molar-refractivity contribution in [3.63, 3.8) is 0 Å². The van der Waals surface area contributed by atoms with E-state index in [4.69, 9.17) is 4.74 Å². The summed E-state index contributed by atoms with van der Waals surface area (Å²) in [6.07, 6.45) is 3.69. The molecular formula is C17H23NO3. The van der Waals surface area contributed by atoms with Crippen LogP contribution in [0.1, 0.15) is 36.8 Å². The van der Waals surface area contributed by atoms with Crippen molar-refractivity contribution in [3.8, 4) is 0 Å². The summed E-state index contributed by atoms with van der Waals surface area (Å²) in [6, 6.07) is 8.20. The van der Waals surface area contributed by atoms with E-state index in [2.05, 4.69) is 5.32 Å². The molecule has 0 atom stereocenters. The van der Waals surface area contributed by atoms with Gasteiger partial charge in [0.2, 0.25) is 5.91 Å². The summed E-state index contributed by atoms with van der Waals surface area (Å²) < 4.78 is 4.77. The second kappa shape index (κ2) is 7.25. The monoisotopic (exact) mass is 289 g/mol. The van der Waals surface area contributed by atoms with Crippen molar-refractivity contribution >= 4 is 11.9 Å². The molecular weight excluding hydrogens is 266 g/mol. The first-order valence-corrected chi connectivity index (χ1v) is 7.51. The van der Waals surface area contributed by atoms with Crippen molar-refractivity contribution in [1.29, 1.82) is 0 Å². The molecule has 21 heavy (non-hydrogen) atoms. The Morgan fingerprint density at radius 3 is 2.33 bits per heavy atom. The molecule has 0 radical (unpaired) electrons. The number of hydrogen-bond donors (Lipinski definition) is 1. The van der Waals surface area contributed by atoms with Gasteiger partial charge in [-0.2, -0.15) is 0 Å². The lowest BCUT2D eigenvalue weighted by Gasteiger charge is -2.27. The van der Waals surface area contributed by atoms with Crippen LogP contribution in [0.4, 0.5) is 0 Å². The fourth-order valence-electron chi connectivity index (χ4n) is 2.81. The van der Waals surface area contributed by atoms with Gasteiger partial charge in [-0.1, -0.05) is 29.8 Å². The number of benzene rings is 1. The molecule has 1 aliphatic carbocycles. The molecule has 0 bridgehead atoms. The van der Waals surface area contributed by atoms with Gasteiger partial charge in [0.25, 0.3) is 0 Å². The standard InChI is InChI=1S/C17H23NO3/c1-12-3-5-13(6-4-12)11-16(19)18-15-9-7-14(8-10-15)17(20)21-2/h3-6,14-15H,7-11H2,1-2H3,(H,18,19). The van der Waals surface area contributed by atoms with Crippen LogP contribution in [0.25, 0.3) is 0 Å². The zero-order chi connectivity index (χ0) is 15.2. The molecule has 1 fully saturated rings. The lowest BCUT2D eigenvalue weighted by Crippen LogP contribution is -2.39. The van der Waals surface area contributed by atoms with Crippen LogP contribution in [0.2, 0.25) is 0 Å². The first-order chi connectivity index (χ1) is 10.1. The normalized spacial score (nSPS) is 21.6. The van der Waals surface area contributed by atoms with Gasteiger partial charge in [0, 0.05) is 6.04 Å². The van der Waals surface area contributed by atoms with Gasteiger partial charge in [-0.15, -0.1) is 0 Å². The summed E-state index contributed by atoms with van der Waals surface area (Å²) in [6.45, 7) is 2.03. The summed E-state index contributed by atoms with van der Waals surface area (Å²) in [4.78, 5) is 23.5. The molecule has 1 saturated carbocycles. The van der Waals surface area contributed by atoms with Gasteiger partial charge in [-0.3, -0.25) is 9.59 Å². The number of ether oxygens (including phenoxy) is 1. The van der Waals surface area contributed by atoms with Gasteiger partial charge < -0.3 is 10.1 Å². The van der Waals surface area contributed by atoms with Crippen molar-refractivity contribution < 1.29 is 14.3 Å². The Morgan fingerprint density at radius 2 is 1.76 bits per heavy atom. The maximum Gasteiger partial charge on any atom is 0.308 e. The molecule has 0 aromatic heterocycles. The maximum atomic E-state index is 12.0. The quantitative estimate of drug-likeness (QED) is 0.866. The predicted molar refractivity (Wildman–Crippen MR) is 80.8 cm³/mol. The molecule has 114 valence electrons. The van der Waals surface area contributed by atoms with Gasteiger partial charge in [-0.25, -0.2) is 0 Å². The summed E-state index contributed by atoms with van der Waals surface area (Å²) in [5.74, 6) is -0.0694. The molecule has 4 heteroatoms. The topological polar surface area (TPSA) is 55.4 Å². The van der Waals surface area contributed by atoms with Crippen LogP contribution in [-0.2, 0) is 20.7 Å². The number of esters is 1. The third-order valence-electron chi connectivity index (χ3n) is 4.11. The Labute approximate surface area is 125 Å². The summed E-state index contributed by atoms with van der Waals surface area (Å²) >= 11 is 0. The molecule has 0 heterocycles. The fourth-order valence-corrected chi connectivity index (χ4v) is 2.81. The van der Waals surface area contributed by atoms with Crippen LogP contribution in [0.3, 0.4) is 0 Å². The van der Waals surface area contributed by atoms with Crippen LogP contribution < -0.4 is 5.32 Å². The maximum absolute atomic E-state index is 12.0. The van der Waals surface area contributed by atoms with E-state index in [1.807, 2.05) is 31.2 Å². The van der Waals surface area contributed by atoms with Crippen molar-refractivity contribution in [2.75, 3.05) is 7.11 Å². The SMILES string of the molecule is COC(=O)C1CCC(NC(=O)Cc2ccc(C)cc2)CC1. The molecule has 1 aliphatic rings. The molecule has 1 aromatic carbocycles. The van der Waals surface area contributed by atoms with E-state index in [0.29, 0.717) is 6.42 Å². The van der Waals surface area contributed by atoms with Gasteiger partial charge in [0.15, 0.2) is 0 Å². The highest BCUT2D eigenvalue weighted by Crippen LogP contribution is 2.25. The molecule has 1 aromatic rings. The minimum absolute atomic E-state index is 0.000232. The highest BCUT2D eigenvalue weighted by atomic mass is 16.5. The third-order valence-corrected chi connectivity index (χ3v) is 4.11. The molecule has 1 amide bonds. The van der Waals surface area contributed by atoms with E-state index in [9.17, 15) is 9.59 Å². The molecule has 4 nitrogen and oxygen atoms in total. The van der Waals surface area contributed by atoms with E-state index in [0.717, 1.165) is 31.2 Å². The van der Waals surface area contributed by atoms with Crippen LogP contribution in [-0.4, -0.2) is 25.0 Å². The Morgan fingerprint density at radius 1 is 1.14 bits per heavy atom. The number of rotatable bonds is 4. The highest BCUT2D eigenvalue weighted by molar-refractivity contribution is 5.79. The van der Waals surface area contributed by atoms with E-state index in [1.54, 1.807) is 0 Å². The van der Waals surface area contributed by atoms with Crippen molar-refractivity contribution in [2.45, 2.75) is 45.1 Å². The van der Waals surface area contributed by atoms with Gasteiger partial charge in [0.1, 0.15) is 0 Å². The van der Waals surface area contributed by atoms with E-state index >= 15 is 0 Å². The van der Waals surface area contributed by atoms with E-state index < -0.39 is 0 Å². The first-order valence-electron chi connectivity index (χ1n) is 7.51. The molecule has 2 rings (SSSR count). The second-order valence-corrected chi connectivity index (χ2v) is 5.80. The minimum Gasteiger partial charge on any atom is -0.469 e. The zero-order valence-electron chi connectivity index (χ0n) is 12.7. The van der Waals surface area contributed by atoms with Gasteiger partial charge >= 0.3 is 5.97 Å². The average Bonchev–Trinajstić information content (AvgIpc) is 2.49. The van der Waals surface area contributed by atoms with E-state index in [-0.39, 0.29) is 23.8 Å². The number of methoxy groups -OCH3 is 1. The minimum atomic E-state index is -0.126. The zero-order valence-corrected chi connectivity index (χ0v) is 12.7. The Hall–Kier alpha value is -1.84. The highest BCUT2D eigenvalue weighted by Gasteiger charge is 2.27. The third kappa shape index (κ3) is 4.59. The fraction of sp³-hybridized carbons (Fsp3) is 0.529. The molecule has 1 N–H and O–H groups in total. The molecule has 0 aliphatic heterocycles. The van der Waals surface area contributed by atoms with Crippen molar-refractivity contribution in [2.24, 2.45) is 5.92 Å². The largest absolute Gasteiger partial charge is 0.469 e. The summed E-state index contributed by atoms with van der Waals surface area (Å²) in [5.41, 5.74) is 2.22. The summed E-state index contributed by atoms with van der Waals surface area (Å²) in [5, 5.41) is 3.07. The number of aryl methyl sites for hydroxylation is 1. The number of hydrogen-bond acceptors (Lipinski definition) is 3. The summed E-state index contributed by atoms with van der Waals surface area (Å²) in [7, 11) is 1.43. The molecule has 0 unspecified atom stereocenters. The van der Waals surface area contributed by atoms with Crippen LogP contribution >= 0.6 is 0 Å². The van der Waals surface area contributed by atoms with Crippen molar-refractivity contribution in [1.82, 2.24) is 5.32 Å². The van der Waals surface area contributed by atoms with Gasteiger partial charge in [0.05, 0.1) is 19.4 Å². The number of carbonyl (C=O) groups is 2. The van der Waals surface area contributed by atoms with E-state index in [1.165, 1.54) is 12.7 Å². The molecule has 0 spiro atoms. The second-order valence-electron chi connectivity index (χ2n) is 5.80. The Balaban J connectivity index is 1.76. The number of amides is 1. The number of nitrogens with one attached hydrogen (secondary N) is 1. The smallest absolute Gasteiger partial charge is 0.308 e. The van der Waals surface area contributed by atoms with Crippen LogP contribution in [0, 0.1) is 12.8 Å². The Kier molecular flexibility index (Phi) is 5.37. The van der Waals surface area contributed by atoms with Gasteiger partial charge in [-0.05, 0) is 38.2 Å². The average molecular weight is 289 g/mol. The first kappa shape index (κ1) is 15.5. The predicted octanol–water partition coefficient (Wildman–Crippen LogP) is 2.39. The lowest BCUT2D eigenvalue weighted by atomic mass is 9.86. The van der Waals surface area contributed by atoms with Crippen molar-refractivity contribution in [3.05, 3.63) is 35.4 Å². The lowest BCUT2D eigenvalue weighted by molar-refractivity contribution is -0.146. The Bertz CT molecular complexity index is 487. The number of carbonyl (C=O) groups excluding carboxylic acids is 2. The van der Waals surface area contributed by atoms with Crippen LogP contribution in [0.15, 0.2) is 24.3 Å². The molecule has 0 saturated heterocycles.